The number of alkyl halides is 3. The largest absolute Gasteiger partial charge is 0.405 e. The second-order valence-electron chi connectivity index (χ2n) is 4.99. The molecular formula is C11H19F3N2O2. The Morgan fingerprint density at radius 2 is 1.67 bits per heavy atom. The number of hydrogen-bond donors (Lipinski definition) is 1. The van der Waals surface area contributed by atoms with Crippen LogP contribution in [0.25, 0.3) is 0 Å². The Kier molecular flexibility index (Phi) is 3.87. The fourth-order valence-corrected chi connectivity index (χ4v) is 2.77. The van der Waals surface area contributed by atoms with E-state index in [0.29, 0.717) is 39.1 Å². The lowest BCUT2D eigenvalue weighted by Crippen LogP contribution is -2.59. The minimum absolute atomic E-state index is 0.297. The van der Waals surface area contributed by atoms with Gasteiger partial charge in [0, 0.05) is 32.0 Å². The number of rotatable bonds is 2. The van der Waals surface area contributed by atoms with Crippen LogP contribution in [0, 0.1) is 0 Å². The van der Waals surface area contributed by atoms with Crippen molar-refractivity contribution in [1.82, 2.24) is 4.90 Å². The fraction of sp³-hybridized carbons (Fsp3) is 1.00. The molecule has 2 aliphatic heterocycles. The SMILES string of the molecule is CC(N)C(N1CCC2(CC1)OCCO2)C(F)(F)F. The van der Waals surface area contributed by atoms with Crippen LogP contribution in [0.2, 0.25) is 0 Å². The Labute approximate surface area is 104 Å². The summed E-state index contributed by atoms with van der Waals surface area (Å²) in [4.78, 5) is 1.39. The first-order valence-electron chi connectivity index (χ1n) is 6.18. The van der Waals surface area contributed by atoms with Crippen molar-refractivity contribution in [2.45, 2.75) is 43.8 Å². The number of likely N-dealkylation sites (tertiary alicyclic amines) is 1. The van der Waals surface area contributed by atoms with Crippen molar-refractivity contribution in [3.63, 3.8) is 0 Å². The lowest BCUT2D eigenvalue weighted by molar-refractivity contribution is -0.221. The fourth-order valence-electron chi connectivity index (χ4n) is 2.77. The van der Waals surface area contributed by atoms with Gasteiger partial charge in [-0.1, -0.05) is 0 Å². The van der Waals surface area contributed by atoms with Gasteiger partial charge >= 0.3 is 6.18 Å². The molecule has 2 rings (SSSR count). The molecule has 2 unspecified atom stereocenters. The molecular weight excluding hydrogens is 249 g/mol. The third kappa shape index (κ3) is 2.79. The summed E-state index contributed by atoms with van der Waals surface area (Å²) in [5.41, 5.74) is 5.47. The van der Waals surface area contributed by atoms with Crippen LogP contribution in [0.4, 0.5) is 13.2 Å². The van der Waals surface area contributed by atoms with Crippen molar-refractivity contribution in [2.75, 3.05) is 26.3 Å². The van der Waals surface area contributed by atoms with E-state index in [0.717, 1.165) is 0 Å². The predicted molar refractivity (Wildman–Crippen MR) is 58.9 cm³/mol. The minimum atomic E-state index is -4.30. The molecule has 106 valence electrons. The van der Waals surface area contributed by atoms with Crippen molar-refractivity contribution < 1.29 is 22.6 Å². The van der Waals surface area contributed by atoms with Gasteiger partial charge in [0.05, 0.1) is 13.2 Å². The maximum Gasteiger partial charge on any atom is 0.405 e. The van der Waals surface area contributed by atoms with Crippen molar-refractivity contribution in [1.29, 1.82) is 0 Å². The highest BCUT2D eigenvalue weighted by molar-refractivity contribution is 4.91. The van der Waals surface area contributed by atoms with E-state index in [1.54, 1.807) is 0 Å². The van der Waals surface area contributed by atoms with Crippen molar-refractivity contribution >= 4 is 0 Å². The van der Waals surface area contributed by atoms with Gasteiger partial charge in [-0.05, 0) is 6.92 Å². The van der Waals surface area contributed by atoms with Crippen molar-refractivity contribution in [3.05, 3.63) is 0 Å². The van der Waals surface area contributed by atoms with Crippen LogP contribution in [-0.4, -0.2) is 55.3 Å². The molecule has 1 spiro atoms. The third-order valence-corrected chi connectivity index (χ3v) is 3.60. The van der Waals surface area contributed by atoms with Crippen LogP contribution in [0.1, 0.15) is 19.8 Å². The number of halogens is 3. The molecule has 0 aromatic carbocycles. The molecule has 18 heavy (non-hydrogen) atoms. The summed E-state index contributed by atoms with van der Waals surface area (Å²) in [6, 6.07) is -2.53. The van der Waals surface area contributed by atoms with E-state index < -0.39 is 24.0 Å². The molecule has 2 saturated heterocycles. The smallest absolute Gasteiger partial charge is 0.347 e. The Morgan fingerprint density at radius 1 is 1.17 bits per heavy atom. The van der Waals surface area contributed by atoms with Crippen LogP contribution in [-0.2, 0) is 9.47 Å². The summed E-state index contributed by atoms with van der Waals surface area (Å²) in [5, 5.41) is 0. The summed E-state index contributed by atoms with van der Waals surface area (Å²) >= 11 is 0. The molecule has 2 fully saturated rings. The number of nitrogens with zero attached hydrogens (tertiary/aromatic N) is 1. The van der Waals surface area contributed by atoms with Gasteiger partial charge in [-0.3, -0.25) is 4.90 Å². The van der Waals surface area contributed by atoms with Crippen LogP contribution in [0.3, 0.4) is 0 Å². The van der Waals surface area contributed by atoms with Crippen molar-refractivity contribution in [2.24, 2.45) is 5.73 Å². The number of ether oxygens (including phenoxy) is 2. The highest BCUT2D eigenvalue weighted by Gasteiger charge is 2.49. The van der Waals surface area contributed by atoms with Gasteiger partial charge < -0.3 is 15.2 Å². The van der Waals surface area contributed by atoms with Crippen LogP contribution < -0.4 is 5.73 Å². The topological polar surface area (TPSA) is 47.7 Å². The Bertz CT molecular complexity index is 281. The number of hydrogen-bond acceptors (Lipinski definition) is 4. The first-order valence-corrected chi connectivity index (χ1v) is 6.18. The highest BCUT2D eigenvalue weighted by atomic mass is 19.4. The second kappa shape index (κ2) is 4.96. The number of nitrogens with two attached hydrogens (primary N) is 1. The van der Waals surface area contributed by atoms with E-state index in [-0.39, 0.29) is 0 Å². The molecule has 0 aromatic heterocycles. The van der Waals surface area contributed by atoms with Gasteiger partial charge in [-0.25, -0.2) is 0 Å². The van der Waals surface area contributed by atoms with E-state index in [1.165, 1.54) is 11.8 Å². The second-order valence-corrected chi connectivity index (χ2v) is 4.99. The van der Waals surface area contributed by atoms with E-state index in [2.05, 4.69) is 0 Å². The molecule has 4 nitrogen and oxygen atoms in total. The standard InChI is InChI=1S/C11H19F3N2O2/c1-8(15)9(11(12,13)14)16-4-2-10(3-5-16)17-6-7-18-10/h8-9H,2-7,15H2,1H3. The van der Waals surface area contributed by atoms with E-state index >= 15 is 0 Å². The molecule has 7 heteroatoms. The third-order valence-electron chi connectivity index (χ3n) is 3.60. The quantitative estimate of drug-likeness (QED) is 0.815. The van der Waals surface area contributed by atoms with Crippen LogP contribution >= 0.6 is 0 Å². The van der Waals surface area contributed by atoms with Gasteiger partial charge in [-0.2, -0.15) is 13.2 Å². The van der Waals surface area contributed by atoms with Crippen LogP contribution in [0.5, 0.6) is 0 Å². The first kappa shape index (κ1) is 14.0. The van der Waals surface area contributed by atoms with Gasteiger partial charge in [0.25, 0.3) is 0 Å². The minimum Gasteiger partial charge on any atom is -0.347 e. The highest BCUT2D eigenvalue weighted by Crippen LogP contribution is 2.35. The maximum atomic E-state index is 12.9. The summed E-state index contributed by atoms with van der Waals surface area (Å²) in [6.07, 6.45) is -3.37. The molecule has 2 heterocycles. The molecule has 0 saturated carbocycles. The predicted octanol–water partition coefficient (Wildman–Crippen LogP) is 1.10. The molecule has 0 aromatic rings. The maximum absolute atomic E-state index is 12.9. The average molecular weight is 268 g/mol. The number of piperidine rings is 1. The van der Waals surface area contributed by atoms with Crippen LogP contribution in [0.15, 0.2) is 0 Å². The van der Waals surface area contributed by atoms with Gasteiger partial charge in [0.1, 0.15) is 6.04 Å². The Balaban J connectivity index is 1.99. The summed E-state index contributed by atoms with van der Waals surface area (Å²) in [7, 11) is 0. The molecule has 0 aliphatic carbocycles. The van der Waals surface area contributed by atoms with E-state index in [4.69, 9.17) is 15.2 Å². The van der Waals surface area contributed by atoms with E-state index in [9.17, 15) is 13.2 Å². The van der Waals surface area contributed by atoms with Gasteiger partial charge in [0.2, 0.25) is 0 Å². The molecule has 0 bridgehead atoms. The van der Waals surface area contributed by atoms with Crippen molar-refractivity contribution in [3.8, 4) is 0 Å². The summed E-state index contributed by atoms with van der Waals surface area (Å²) in [5.74, 6) is -0.648. The first-order chi connectivity index (χ1) is 8.34. The van der Waals surface area contributed by atoms with Gasteiger partial charge in [-0.15, -0.1) is 0 Å². The summed E-state index contributed by atoms with van der Waals surface area (Å²) in [6.45, 7) is 3.04. The Hall–Kier alpha value is -0.370. The molecule has 2 N–H and O–H groups in total. The normalized spacial score (nSPS) is 28.5. The lowest BCUT2D eigenvalue weighted by Gasteiger charge is -2.42. The molecule has 2 aliphatic rings. The van der Waals surface area contributed by atoms with Gasteiger partial charge in [0.15, 0.2) is 5.79 Å². The average Bonchev–Trinajstić information content (AvgIpc) is 2.68. The lowest BCUT2D eigenvalue weighted by atomic mass is 9.99. The zero-order chi connectivity index (χ0) is 13.4. The zero-order valence-electron chi connectivity index (χ0n) is 10.4. The molecule has 0 radical (unpaired) electrons. The monoisotopic (exact) mass is 268 g/mol. The Morgan fingerprint density at radius 3 is 2.06 bits per heavy atom. The zero-order valence-corrected chi connectivity index (χ0v) is 10.4. The molecule has 0 amide bonds. The molecule has 2 atom stereocenters. The summed E-state index contributed by atoms with van der Waals surface area (Å²) < 4.78 is 49.8. The van der Waals surface area contributed by atoms with E-state index in [1.807, 2.05) is 0 Å².